The first kappa shape index (κ1) is 14.4. The van der Waals surface area contributed by atoms with Gasteiger partial charge in [-0.15, -0.1) is 0 Å². The Labute approximate surface area is 123 Å². The number of carbonyl (C=O) groups excluding carboxylic acids is 1. The summed E-state index contributed by atoms with van der Waals surface area (Å²) in [6.07, 6.45) is 5.35. The van der Waals surface area contributed by atoms with Crippen LogP contribution in [0.5, 0.6) is 0 Å². The van der Waals surface area contributed by atoms with E-state index in [1.165, 1.54) is 6.92 Å². The minimum atomic E-state index is -3.00. The number of halogens is 2. The van der Waals surface area contributed by atoms with Gasteiger partial charge in [0.2, 0.25) is 5.91 Å². The van der Waals surface area contributed by atoms with E-state index in [-0.39, 0.29) is 18.5 Å². The number of fused-ring (bicyclic) bond motifs is 1. The van der Waals surface area contributed by atoms with Crippen molar-refractivity contribution in [1.82, 2.24) is 9.88 Å². The Morgan fingerprint density at radius 1 is 1.38 bits per heavy atom. The molecule has 0 N–H and O–H groups in total. The summed E-state index contributed by atoms with van der Waals surface area (Å²) in [6.45, 7) is 4.20. The average molecular weight is 294 g/mol. The smallest absolute Gasteiger partial charge is 0.259 e. The third-order valence-electron chi connectivity index (χ3n) is 5.10. The number of alkyl halides is 2. The van der Waals surface area contributed by atoms with Gasteiger partial charge in [0, 0.05) is 25.4 Å². The van der Waals surface area contributed by atoms with Crippen LogP contribution in [0.15, 0.2) is 18.5 Å². The first-order valence-electron chi connectivity index (χ1n) is 7.36. The van der Waals surface area contributed by atoms with Crippen LogP contribution in [-0.2, 0) is 4.79 Å². The Morgan fingerprint density at radius 2 is 2.10 bits per heavy atom. The van der Waals surface area contributed by atoms with E-state index < -0.39 is 17.2 Å². The van der Waals surface area contributed by atoms with Crippen molar-refractivity contribution in [3.05, 3.63) is 29.6 Å². The van der Waals surface area contributed by atoms with Crippen LogP contribution in [0.4, 0.5) is 8.78 Å². The summed E-state index contributed by atoms with van der Waals surface area (Å²) in [5.41, 5.74) is 0.397. The number of rotatable bonds is 2. The van der Waals surface area contributed by atoms with E-state index in [0.29, 0.717) is 0 Å². The molecule has 2 aliphatic rings. The highest BCUT2D eigenvalue weighted by Crippen LogP contribution is 2.54. The second-order valence-corrected chi connectivity index (χ2v) is 6.68. The van der Waals surface area contributed by atoms with Gasteiger partial charge < -0.3 is 4.90 Å². The summed E-state index contributed by atoms with van der Waals surface area (Å²) in [5.74, 6) is -3.41. The Kier molecular flexibility index (Phi) is 3.08. The number of hydrogen-bond donors (Lipinski definition) is 0. The molecule has 2 aliphatic heterocycles. The fourth-order valence-corrected chi connectivity index (χ4v) is 3.69. The van der Waals surface area contributed by atoms with Crippen LogP contribution < -0.4 is 0 Å². The topological polar surface area (TPSA) is 33.2 Å². The van der Waals surface area contributed by atoms with Crippen molar-refractivity contribution in [2.24, 2.45) is 5.41 Å². The molecule has 0 bridgehead atoms. The second kappa shape index (κ2) is 4.49. The third kappa shape index (κ3) is 2.05. The van der Waals surface area contributed by atoms with Crippen LogP contribution >= 0.6 is 0 Å². The fraction of sp³-hybridized carbons (Fsp3) is 0.625. The molecule has 3 atom stereocenters. The van der Waals surface area contributed by atoms with E-state index in [0.717, 1.165) is 30.9 Å². The maximum absolute atomic E-state index is 13.9. The van der Waals surface area contributed by atoms with E-state index in [1.807, 2.05) is 13.0 Å². The summed E-state index contributed by atoms with van der Waals surface area (Å²) >= 11 is 0. The van der Waals surface area contributed by atoms with Crippen LogP contribution in [-0.4, -0.2) is 27.8 Å². The molecule has 3 nitrogen and oxygen atoms in total. The van der Waals surface area contributed by atoms with Crippen molar-refractivity contribution in [3.63, 3.8) is 0 Å². The maximum Gasteiger partial charge on any atom is 0.259 e. The Bertz CT molecular complexity index is 584. The average Bonchev–Trinajstić information content (AvgIpc) is 2.89. The van der Waals surface area contributed by atoms with Crippen molar-refractivity contribution in [3.8, 4) is 0 Å². The second-order valence-electron chi connectivity index (χ2n) is 6.68. The summed E-state index contributed by atoms with van der Waals surface area (Å²) in [5, 5.41) is 0. The molecule has 0 spiro atoms. The molecule has 0 saturated carbocycles. The number of hydrogen-bond acceptors (Lipinski definition) is 2. The number of carbonyl (C=O) groups is 1. The molecule has 21 heavy (non-hydrogen) atoms. The third-order valence-corrected chi connectivity index (χ3v) is 5.10. The van der Waals surface area contributed by atoms with Crippen molar-refractivity contribution in [2.45, 2.75) is 58.0 Å². The molecule has 114 valence electrons. The summed E-state index contributed by atoms with van der Waals surface area (Å²) in [7, 11) is 0. The molecule has 1 aromatic heterocycles. The molecular formula is C16H20F2N2O. The van der Waals surface area contributed by atoms with Gasteiger partial charge >= 0.3 is 0 Å². The van der Waals surface area contributed by atoms with E-state index in [2.05, 4.69) is 4.98 Å². The van der Waals surface area contributed by atoms with Gasteiger partial charge in [0.1, 0.15) is 5.41 Å². The number of nitrogens with zero attached hydrogens (tertiary/aromatic N) is 2. The minimum absolute atomic E-state index is 0.0705. The molecule has 0 radical (unpaired) electrons. The van der Waals surface area contributed by atoms with Crippen LogP contribution in [0.3, 0.4) is 0 Å². The number of amides is 1. The number of aromatic nitrogens is 1. The molecule has 3 heterocycles. The van der Waals surface area contributed by atoms with Crippen molar-refractivity contribution in [1.29, 1.82) is 0 Å². The lowest BCUT2D eigenvalue weighted by atomic mass is 9.80. The molecule has 0 unspecified atom stereocenters. The SMILES string of the molecule is Cc1cncc([C@H]2CC[C@H]3C[C@@](C)(C(C)(F)F)C(=O)N32)c1. The minimum Gasteiger partial charge on any atom is -0.332 e. The quantitative estimate of drug-likeness (QED) is 0.836. The van der Waals surface area contributed by atoms with Crippen LogP contribution in [0.25, 0.3) is 0 Å². The highest BCUT2D eigenvalue weighted by molar-refractivity contribution is 5.87. The maximum atomic E-state index is 13.9. The largest absolute Gasteiger partial charge is 0.332 e. The van der Waals surface area contributed by atoms with Gasteiger partial charge in [-0.3, -0.25) is 9.78 Å². The molecular weight excluding hydrogens is 274 g/mol. The lowest BCUT2D eigenvalue weighted by molar-refractivity contribution is -0.156. The Hall–Kier alpha value is -1.52. The van der Waals surface area contributed by atoms with Gasteiger partial charge in [-0.1, -0.05) is 6.07 Å². The first-order chi connectivity index (χ1) is 9.74. The van der Waals surface area contributed by atoms with Crippen molar-refractivity contribution < 1.29 is 13.6 Å². The molecule has 5 heteroatoms. The summed E-state index contributed by atoms with van der Waals surface area (Å²) in [4.78, 5) is 18.5. The van der Waals surface area contributed by atoms with Gasteiger partial charge in [0.25, 0.3) is 5.92 Å². The zero-order valence-electron chi connectivity index (χ0n) is 12.6. The molecule has 3 rings (SSSR count). The predicted molar refractivity (Wildman–Crippen MR) is 74.9 cm³/mol. The molecule has 2 fully saturated rings. The number of aryl methyl sites for hydroxylation is 1. The Balaban J connectivity index is 1.95. The normalized spacial score (nSPS) is 32.6. The van der Waals surface area contributed by atoms with Gasteiger partial charge in [-0.05, 0) is 44.2 Å². The predicted octanol–water partition coefficient (Wildman–Crippen LogP) is 3.49. The van der Waals surface area contributed by atoms with Crippen LogP contribution in [0.2, 0.25) is 0 Å². The fourth-order valence-electron chi connectivity index (χ4n) is 3.69. The lowest BCUT2D eigenvalue weighted by Gasteiger charge is -2.31. The zero-order chi connectivity index (χ0) is 15.4. The molecule has 0 aliphatic carbocycles. The highest BCUT2D eigenvalue weighted by atomic mass is 19.3. The monoisotopic (exact) mass is 294 g/mol. The van der Waals surface area contributed by atoms with Crippen molar-refractivity contribution >= 4 is 5.91 Å². The van der Waals surface area contributed by atoms with Gasteiger partial charge in [0.05, 0.1) is 6.04 Å². The van der Waals surface area contributed by atoms with Gasteiger partial charge in [-0.25, -0.2) is 8.78 Å². The van der Waals surface area contributed by atoms with Crippen molar-refractivity contribution in [2.75, 3.05) is 0 Å². The molecule has 0 aromatic carbocycles. The van der Waals surface area contributed by atoms with E-state index >= 15 is 0 Å². The molecule has 2 saturated heterocycles. The summed E-state index contributed by atoms with van der Waals surface area (Å²) in [6, 6.07) is 1.81. The zero-order valence-corrected chi connectivity index (χ0v) is 12.6. The molecule has 1 aromatic rings. The van der Waals surface area contributed by atoms with E-state index in [9.17, 15) is 13.6 Å². The van der Waals surface area contributed by atoms with E-state index in [1.54, 1.807) is 17.3 Å². The first-order valence-corrected chi connectivity index (χ1v) is 7.36. The standard InChI is InChI=1S/C16H20F2N2O/c1-10-6-11(9-19-8-10)13-5-4-12-7-15(2,16(3,17)18)14(21)20(12)13/h6,8-9,12-13H,4-5,7H2,1-3H3/t12-,13+,15+/m0/s1. The highest BCUT2D eigenvalue weighted by Gasteiger charge is 2.62. The Morgan fingerprint density at radius 3 is 2.71 bits per heavy atom. The lowest BCUT2D eigenvalue weighted by Crippen LogP contribution is -2.44. The van der Waals surface area contributed by atoms with E-state index in [4.69, 9.17) is 0 Å². The summed E-state index contributed by atoms with van der Waals surface area (Å²) < 4.78 is 27.8. The van der Waals surface area contributed by atoms with Crippen LogP contribution in [0, 0.1) is 12.3 Å². The van der Waals surface area contributed by atoms with Gasteiger partial charge in [0.15, 0.2) is 0 Å². The van der Waals surface area contributed by atoms with Gasteiger partial charge in [-0.2, -0.15) is 0 Å². The van der Waals surface area contributed by atoms with Crippen LogP contribution in [0.1, 0.15) is 50.3 Å². The number of pyridine rings is 1. The molecule has 1 amide bonds.